The van der Waals surface area contributed by atoms with Gasteiger partial charge in [0.05, 0.1) is 53.3 Å². The molecular formula is C30H29ClFN5O4. The van der Waals surface area contributed by atoms with E-state index in [1.54, 1.807) is 18.2 Å². The molecule has 3 aromatic rings. The number of benzene rings is 2. The first-order valence-corrected chi connectivity index (χ1v) is 13.9. The first-order chi connectivity index (χ1) is 20.0. The number of amides is 1. The van der Waals surface area contributed by atoms with Gasteiger partial charge in [-0.1, -0.05) is 29.5 Å². The molecule has 0 radical (unpaired) electrons. The molecule has 0 bridgehead atoms. The van der Waals surface area contributed by atoms with Gasteiger partial charge in [-0.05, 0) is 43.2 Å². The van der Waals surface area contributed by atoms with Gasteiger partial charge in [0.15, 0.2) is 0 Å². The lowest BCUT2D eigenvalue weighted by atomic mass is 10.1. The molecule has 1 saturated carbocycles. The lowest BCUT2D eigenvalue weighted by molar-refractivity contribution is -0.116. The summed E-state index contributed by atoms with van der Waals surface area (Å²) in [5.74, 6) is 5.83. The van der Waals surface area contributed by atoms with Crippen LogP contribution in [0, 0.1) is 17.7 Å². The van der Waals surface area contributed by atoms with Crippen LogP contribution in [0.2, 0.25) is 5.02 Å². The summed E-state index contributed by atoms with van der Waals surface area (Å²) in [5.41, 5.74) is 2.29. The van der Waals surface area contributed by atoms with Gasteiger partial charge in [-0.25, -0.2) is 14.4 Å². The summed E-state index contributed by atoms with van der Waals surface area (Å²) in [6.07, 6.45) is 7.37. The zero-order valence-corrected chi connectivity index (χ0v) is 23.0. The zero-order valence-electron chi connectivity index (χ0n) is 22.2. The number of rotatable bonds is 8. The van der Waals surface area contributed by atoms with Crippen molar-refractivity contribution in [1.29, 1.82) is 0 Å². The van der Waals surface area contributed by atoms with E-state index in [0.717, 1.165) is 25.9 Å². The molecule has 2 N–H and O–H groups in total. The summed E-state index contributed by atoms with van der Waals surface area (Å²) in [4.78, 5) is 23.9. The van der Waals surface area contributed by atoms with Crippen molar-refractivity contribution in [2.24, 2.45) is 0 Å². The number of hydrogen-bond acceptors (Lipinski definition) is 8. The van der Waals surface area contributed by atoms with Gasteiger partial charge in [0.25, 0.3) is 0 Å². The second-order valence-electron chi connectivity index (χ2n) is 10.1. The van der Waals surface area contributed by atoms with Crippen LogP contribution in [-0.4, -0.2) is 78.5 Å². The SMILES string of the molecule is O=C(/C=C/CN1CC2OCCOC2C1)Nc1cc2c(Nc3ccc(F)c(Cl)c3)ncnc2cc1C#CCOC1CC1. The molecule has 2 aliphatic heterocycles. The van der Waals surface area contributed by atoms with E-state index in [9.17, 15) is 9.18 Å². The number of halogens is 2. The largest absolute Gasteiger partial charge is 0.372 e. The average Bonchev–Trinajstić information content (AvgIpc) is 3.70. The molecule has 3 heterocycles. The van der Waals surface area contributed by atoms with E-state index in [4.69, 9.17) is 25.8 Å². The van der Waals surface area contributed by atoms with Crippen molar-refractivity contribution >= 4 is 45.6 Å². The highest BCUT2D eigenvalue weighted by atomic mass is 35.5. The third-order valence-electron chi connectivity index (χ3n) is 7.02. The van der Waals surface area contributed by atoms with Crippen molar-refractivity contribution < 1.29 is 23.4 Å². The van der Waals surface area contributed by atoms with E-state index in [-0.39, 0.29) is 23.1 Å². The normalized spacial score (nSPS) is 20.5. The fourth-order valence-electron chi connectivity index (χ4n) is 4.82. The quantitative estimate of drug-likeness (QED) is 0.302. The Kier molecular flexibility index (Phi) is 8.41. The molecule has 9 nitrogen and oxygen atoms in total. The van der Waals surface area contributed by atoms with Gasteiger partial charge in [-0.2, -0.15) is 0 Å². The highest BCUT2D eigenvalue weighted by Crippen LogP contribution is 2.30. The van der Waals surface area contributed by atoms with Crippen LogP contribution in [0.3, 0.4) is 0 Å². The number of nitrogens with one attached hydrogen (secondary N) is 2. The third kappa shape index (κ3) is 7.01. The maximum atomic E-state index is 13.7. The van der Waals surface area contributed by atoms with E-state index in [2.05, 4.69) is 37.3 Å². The number of carbonyl (C=O) groups excluding carboxylic acids is 1. The standard InChI is InChI=1S/C30H29ClFN5O4/c31-23-14-20(5-8-24(23)32)35-30-22-15-25(19(13-26(22)33-18-34-30)3-2-10-39-21-6-7-21)36-29(38)4-1-9-37-16-27-28(17-37)41-12-11-40-27/h1,4-5,8,13-15,18,21,27-28H,6-7,9-12,16-17H2,(H,36,38)(H,33,34,35)/b4-1+. The summed E-state index contributed by atoms with van der Waals surface area (Å²) in [6.45, 7) is 3.72. The number of aromatic nitrogens is 2. The van der Waals surface area contributed by atoms with Gasteiger partial charge in [0, 0.05) is 36.8 Å². The molecule has 2 atom stereocenters. The Bertz CT molecular complexity index is 1520. The number of fused-ring (bicyclic) bond motifs is 2. The predicted octanol–water partition coefficient (Wildman–Crippen LogP) is 4.29. The third-order valence-corrected chi connectivity index (χ3v) is 7.31. The molecule has 2 unspecified atom stereocenters. The number of hydrogen-bond donors (Lipinski definition) is 2. The second kappa shape index (κ2) is 12.5. The molecule has 1 aliphatic carbocycles. The molecular weight excluding hydrogens is 549 g/mol. The number of nitrogens with zero attached hydrogens (tertiary/aromatic N) is 3. The predicted molar refractivity (Wildman–Crippen MR) is 154 cm³/mol. The minimum Gasteiger partial charge on any atom is -0.372 e. The molecule has 3 aliphatic rings. The van der Waals surface area contributed by atoms with Crippen LogP contribution in [0.4, 0.5) is 21.6 Å². The summed E-state index contributed by atoms with van der Waals surface area (Å²) < 4.78 is 30.9. The fourth-order valence-corrected chi connectivity index (χ4v) is 5.00. The number of likely N-dealkylation sites (tertiary alicyclic amines) is 1. The van der Waals surface area contributed by atoms with Crippen molar-refractivity contribution in [3.8, 4) is 11.8 Å². The maximum Gasteiger partial charge on any atom is 0.248 e. The van der Waals surface area contributed by atoms with Gasteiger partial charge in [0.2, 0.25) is 5.91 Å². The fraction of sp³-hybridized carbons (Fsp3) is 0.367. The smallest absolute Gasteiger partial charge is 0.248 e. The molecule has 0 spiro atoms. The lowest BCUT2D eigenvalue weighted by Crippen LogP contribution is -2.36. The molecule has 1 amide bonds. The van der Waals surface area contributed by atoms with Gasteiger partial charge in [0.1, 0.15) is 24.6 Å². The molecule has 6 rings (SSSR count). The molecule has 2 aromatic carbocycles. The molecule has 41 heavy (non-hydrogen) atoms. The van der Waals surface area contributed by atoms with E-state index in [1.165, 1.54) is 24.5 Å². The monoisotopic (exact) mass is 577 g/mol. The van der Waals surface area contributed by atoms with E-state index >= 15 is 0 Å². The minimum atomic E-state index is -0.513. The summed E-state index contributed by atoms with van der Waals surface area (Å²) in [6, 6.07) is 7.90. The molecule has 3 fully saturated rings. The van der Waals surface area contributed by atoms with Crippen molar-refractivity contribution in [2.75, 3.05) is 50.1 Å². The number of ether oxygens (including phenoxy) is 3. The average molecular weight is 578 g/mol. The minimum absolute atomic E-state index is 0.00757. The van der Waals surface area contributed by atoms with E-state index in [1.807, 2.05) is 6.08 Å². The first-order valence-electron chi connectivity index (χ1n) is 13.6. The Labute approximate surface area is 242 Å². The molecule has 2 saturated heterocycles. The maximum absolute atomic E-state index is 13.7. The van der Waals surface area contributed by atoms with Crippen molar-refractivity contribution in [2.45, 2.75) is 31.2 Å². The molecule has 11 heteroatoms. The van der Waals surface area contributed by atoms with E-state index in [0.29, 0.717) is 66.1 Å². The van der Waals surface area contributed by atoms with Crippen LogP contribution < -0.4 is 10.6 Å². The van der Waals surface area contributed by atoms with Gasteiger partial charge in [-0.15, -0.1) is 0 Å². The van der Waals surface area contributed by atoms with Crippen molar-refractivity contribution in [3.63, 3.8) is 0 Å². The van der Waals surface area contributed by atoms with Crippen LogP contribution in [0.15, 0.2) is 48.8 Å². The lowest BCUT2D eigenvalue weighted by Gasteiger charge is -2.24. The number of carbonyl (C=O) groups is 1. The Balaban J connectivity index is 1.21. The summed E-state index contributed by atoms with van der Waals surface area (Å²) in [7, 11) is 0. The molecule has 1 aromatic heterocycles. The van der Waals surface area contributed by atoms with E-state index < -0.39 is 5.82 Å². The van der Waals surface area contributed by atoms with Gasteiger partial charge in [-0.3, -0.25) is 9.69 Å². The van der Waals surface area contributed by atoms with Gasteiger partial charge >= 0.3 is 0 Å². The van der Waals surface area contributed by atoms with Crippen LogP contribution in [0.1, 0.15) is 18.4 Å². The van der Waals surface area contributed by atoms with Gasteiger partial charge < -0.3 is 24.8 Å². The molecule has 212 valence electrons. The van der Waals surface area contributed by atoms with Crippen LogP contribution in [0.25, 0.3) is 10.9 Å². The Morgan fingerprint density at radius 3 is 2.73 bits per heavy atom. The Hall–Kier alpha value is -3.59. The first kappa shape index (κ1) is 27.6. The highest BCUT2D eigenvalue weighted by Gasteiger charge is 2.35. The summed E-state index contributed by atoms with van der Waals surface area (Å²) >= 11 is 5.96. The topological polar surface area (TPSA) is 97.8 Å². The van der Waals surface area contributed by atoms with Crippen LogP contribution in [0.5, 0.6) is 0 Å². The highest BCUT2D eigenvalue weighted by molar-refractivity contribution is 6.31. The second-order valence-corrected chi connectivity index (χ2v) is 10.5. The number of anilines is 3. The van der Waals surface area contributed by atoms with Crippen LogP contribution in [-0.2, 0) is 19.0 Å². The van der Waals surface area contributed by atoms with Crippen molar-refractivity contribution in [3.05, 3.63) is 65.2 Å². The Morgan fingerprint density at radius 2 is 1.98 bits per heavy atom. The zero-order chi connectivity index (χ0) is 28.2. The Morgan fingerprint density at radius 1 is 1.17 bits per heavy atom. The van der Waals surface area contributed by atoms with Crippen molar-refractivity contribution in [1.82, 2.24) is 14.9 Å². The van der Waals surface area contributed by atoms with Crippen LogP contribution >= 0.6 is 11.6 Å². The summed E-state index contributed by atoms with van der Waals surface area (Å²) in [5, 5.41) is 6.76.